The van der Waals surface area contributed by atoms with Gasteiger partial charge in [0.15, 0.2) is 0 Å². The Morgan fingerprint density at radius 1 is 1.19 bits per heavy atom. The van der Waals surface area contributed by atoms with E-state index in [1.54, 1.807) is 6.92 Å². The molecule has 1 amide bonds. The molecule has 1 fully saturated rings. The Balaban J connectivity index is 1.71. The molecule has 2 aromatic rings. The van der Waals surface area contributed by atoms with Gasteiger partial charge in [-0.05, 0) is 50.1 Å². The SMILES string of the molecule is CCOc1ccc(Cl)cc1S(=O)(=O)N1CCC(C(=O)Nc2ccccc2C(F)(F)F)CC1. The molecule has 32 heavy (non-hydrogen) atoms. The molecule has 0 spiro atoms. The molecule has 6 nitrogen and oxygen atoms in total. The number of anilines is 1. The lowest BCUT2D eigenvalue weighted by Gasteiger charge is -2.31. The molecule has 0 aromatic heterocycles. The van der Waals surface area contributed by atoms with Crippen LogP contribution in [0.3, 0.4) is 0 Å². The standard InChI is InChI=1S/C21H22ClF3N2O4S/c1-2-31-18-8-7-15(22)13-19(18)32(29,30)27-11-9-14(10-12-27)20(28)26-17-6-4-3-5-16(17)21(23,24)25/h3-8,13-14H,2,9-12H2,1H3,(H,26,28). The molecule has 0 unspecified atom stereocenters. The second-order valence-corrected chi connectivity index (χ2v) is 9.58. The highest BCUT2D eigenvalue weighted by atomic mass is 35.5. The average Bonchev–Trinajstić information content (AvgIpc) is 2.75. The molecule has 2 aromatic carbocycles. The highest BCUT2D eigenvalue weighted by Gasteiger charge is 2.36. The van der Waals surface area contributed by atoms with Crippen molar-refractivity contribution in [2.75, 3.05) is 25.0 Å². The van der Waals surface area contributed by atoms with Gasteiger partial charge in [-0.15, -0.1) is 0 Å². The molecule has 1 aliphatic rings. The Hall–Kier alpha value is -2.30. The maximum atomic E-state index is 13.2. The molecule has 3 rings (SSSR count). The van der Waals surface area contributed by atoms with Crippen LogP contribution in [0.2, 0.25) is 5.02 Å². The third kappa shape index (κ3) is 5.36. The quantitative estimate of drug-likeness (QED) is 0.631. The van der Waals surface area contributed by atoms with Gasteiger partial charge < -0.3 is 10.1 Å². The van der Waals surface area contributed by atoms with Crippen LogP contribution in [0.1, 0.15) is 25.3 Å². The predicted octanol–water partition coefficient (Wildman–Crippen LogP) is 4.80. The van der Waals surface area contributed by atoms with E-state index in [0.717, 1.165) is 6.07 Å². The van der Waals surface area contributed by atoms with Crippen LogP contribution in [-0.4, -0.2) is 38.3 Å². The number of nitrogens with zero attached hydrogens (tertiary/aromatic N) is 1. The first-order valence-corrected chi connectivity index (χ1v) is 11.8. The Morgan fingerprint density at radius 2 is 1.84 bits per heavy atom. The van der Waals surface area contributed by atoms with E-state index in [2.05, 4.69) is 5.32 Å². The summed E-state index contributed by atoms with van der Waals surface area (Å²) in [6.45, 7) is 2.08. The first-order valence-electron chi connectivity index (χ1n) is 9.93. The van der Waals surface area contributed by atoms with Crippen molar-refractivity contribution in [3.05, 3.63) is 53.1 Å². The van der Waals surface area contributed by atoms with Crippen molar-refractivity contribution in [1.29, 1.82) is 0 Å². The van der Waals surface area contributed by atoms with Crippen molar-refractivity contribution in [2.45, 2.75) is 30.8 Å². The van der Waals surface area contributed by atoms with E-state index >= 15 is 0 Å². The van der Waals surface area contributed by atoms with Crippen molar-refractivity contribution >= 4 is 33.2 Å². The molecule has 0 saturated carbocycles. The van der Waals surface area contributed by atoms with Crippen LogP contribution in [-0.2, 0) is 21.0 Å². The van der Waals surface area contributed by atoms with Crippen molar-refractivity contribution in [3.8, 4) is 5.75 Å². The average molecular weight is 491 g/mol. The second-order valence-electron chi connectivity index (χ2n) is 7.24. The molecular formula is C21H22ClF3N2O4S. The molecule has 0 bridgehead atoms. The summed E-state index contributed by atoms with van der Waals surface area (Å²) in [5.41, 5.74) is -1.25. The zero-order valence-electron chi connectivity index (χ0n) is 17.2. The van der Waals surface area contributed by atoms with Crippen LogP contribution in [0, 0.1) is 5.92 Å². The van der Waals surface area contributed by atoms with E-state index in [4.69, 9.17) is 16.3 Å². The summed E-state index contributed by atoms with van der Waals surface area (Å²) in [6.07, 6.45) is -4.26. The van der Waals surface area contributed by atoms with Crippen LogP contribution < -0.4 is 10.1 Å². The summed E-state index contributed by atoms with van der Waals surface area (Å²) in [7, 11) is -3.93. The van der Waals surface area contributed by atoms with Crippen LogP contribution in [0.15, 0.2) is 47.4 Å². The summed E-state index contributed by atoms with van der Waals surface area (Å²) in [5, 5.41) is 2.58. The van der Waals surface area contributed by atoms with Crippen LogP contribution in [0.4, 0.5) is 18.9 Å². The van der Waals surface area contributed by atoms with Crippen LogP contribution in [0.25, 0.3) is 0 Å². The normalized spacial score (nSPS) is 16.0. The Kier molecular flexibility index (Phi) is 7.36. The zero-order chi connectivity index (χ0) is 23.5. The highest BCUT2D eigenvalue weighted by molar-refractivity contribution is 7.89. The minimum atomic E-state index is -4.60. The van der Waals surface area contributed by atoms with Gasteiger partial charge in [-0.2, -0.15) is 17.5 Å². The van der Waals surface area contributed by atoms with E-state index in [1.165, 1.54) is 40.7 Å². The number of hydrogen-bond donors (Lipinski definition) is 1. The summed E-state index contributed by atoms with van der Waals surface area (Å²) >= 11 is 5.98. The lowest BCUT2D eigenvalue weighted by molar-refractivity contribution is -0.137. The fourth-order valence-electron chi connectivity index (χ4n) is 3.53. The lowest BCUT2D eigenvalue weighted by atomic mass is 9.97. The van der Waals surface area contributed by atoms with E-state index in [0.29, 0.717) is 0 Å². The molecule has 1 saturated heterocycles. The number of para-hydroxylation sites is 1. The maximum absolute atomic E-state index is 13.2. The largest absolute Gasteiger partial charge is 0.492 e. The lowest BCUT2D eigenvalue weighted by Crippen LogP contribution is -2.41. The zero-order valence-corrected chi connectivity index (χ0v) is 18.7. The Bertz CT molecular complexity index is 1080. The molecule has 174 valence electrons. The summed E-state index contributed by atoms with van der Waals surface area (Å²) in [6, 6.07) is 9.06. The molecule has 1 aliphatic heterocycles. The smallest absolute Gasteiger partial charge is 0.418 e. The number of halogens is 4. The van der Waals surface area contributed by atoms with E-state index in [-0.39, 0.29) is 53.9 Å². The first-order chi connectivity index (χ1) is 15.0. The Morgan fingerprint density at radius 3 is 2.47 bits per heavy atom. The second kappa shape index (κ2) is 9.68. The molecule has 11 heteroatoms. The van der Waals surface area contributed by atoms with Crippen LogP contribution >= 0.6 is 11.6 Å². The molecule has 1 heterocycles. The number of carbonyl (C=O) groups excluding carboxylic acids is 1. The van der Waals surface area contributed by atoms with Gasteiger partial charge in [0.05, 0.1) is 17.9 Å². The number of carbonyl (C=O) groups is 1. The van der Waals surface area contributed by atoms with Crippen molar-refractivity contribution < 1.29 is 31.1 Å². The minimum absolute atomic E-state index is 0.0411. The Labute approximate surface area is 189 Å². The fraction of sp³-hybridized carbons (Fsp3) is 0.381. The topological polar surface area (TPSA) is 75.7 Å². The number of alkyl halides is 3. The number of hydrogen-bond acceptors (Lipinski definition) is 4. The predicted molar refractivity (Wildman–Crippen MR) is 114 cm³/mol. The van der Waals surface area contributed by atoms with Gasteiger partial charge in [-0.1, -0.05) is 23.7 Å². The van der Waals surface area contributed by atoms with Gasteiger partial charge in [-0.3, -0.25) is 4.79 Å². The minimum Gasteiger partial charge on any atom is -0.492 e. The third-order valence-corrected chi connectivity index (χ3v) is 7.29. The fourth-order valence-corrected chi connectivity index (χ4v) is 5.39. The highest BCUT2D eigenvalue weighted by Crippen LogP contribution is 2.36. The molecule has 0 atom stereocenters. The van der Waals surface area contributed by atoms with Gasteiger partial charge in [0.1, 0.15) is 10.6 Å². The molecule has 0 radical (unpaired) electrons. The molecule has 0 aliphatic carbocycles. The molecular weight excluding hydrogens is 469 g/mol. The number of piperidine rings is 1. The van der Waals surface area contributed by atoms with Crippen molar-refractivity contribution in [2.24, 2.45) is 5.92 Å². The van der Waals surface area contributed by atoms with Gasteiger partial charge in [-0.25, -0.2) is 8.42 Å². The summed E-state index contributed by atoms with van der Waals surface area (Å²) in [4.78, 5) is 12.5. The van der Waals surface area contributed by atoms with Gasteiger partial charge in [0.2, 0.25) is 15.9 Å². The van der Waals surface area contributed by atoms with Crippen LogP contribution in [0.5, 0.6) is 5.75 Å². The van der Waals surface area contributed by atoms with Gasteiger partial charge in [0, 0.05) is 24.0 Å². The maximum Gasteiger partial charge on any atom is 0.418 e. The number of rotatable bonds is 6. The van der Waals surface area contributed by atoms with Gasteiger partial charge in [0.25, 0.3) is 0 Å². The number of nitrogens with one attached hydrogen (secondary N) is 1. The third-order valence-electron chi connectivity index (χ3n) is 5.14. The number of benzene rings is 2. The summed E-state index contributed by atoms with van der Waals surface area (Å²) in [5.74, 6) is -1.01. The van der Waals surface area contributed by atoms with E-state index in [9.17, 15) is 26.4 Å². The first kappa shape index (κ1) is 24.3. The molecule has 1 N–H and O–H groups in total. The van der Waals surface area contributed by atoms with Gasteiger partial charge >= 0.3 is 6.18 Å². The van der Waals surface area contributed by atoms with Crippen molar-refractivity contribution in [1.82, 2.24) is 4.31 Å². The number of amides is 1. The monoisotopic (exact) mass is 490 g/mol. The van der Waals surface area contributed by atoms with E-state index < -0.39 is 33.6 Å². The van der Waals surface area contributed by atoms with E-state index in [1.807, 2.05) is 0 Å². The summed E-state index contributed by atoms with van der Waals surface area (Å²) < 4.78 is 72.4. The number of sulfonamides is 1. The van der Waals surface area contributed by atoms with Crippen molar-refractivity contribution in [3.63, 3.8) is 0 Å². The number of ether oxygens (including phenoxy) is 1.